The molecule has 162 valence electrons. The first-order chi connectivity index (χ1) is 15.0. The highest BCUT2D eigenvalue weighted by Gasteiger charge is 2.16. The summed E-state index contributed by atoms with van der Waals surface area (Å²) in [6.45, 7) is 7.41. The molecule has 0 bridgehead atoms. The Hall–Kier alpha value is -3.28. The maximum Gasteiger partial charge on any atom is 0.220 e. The van der Waals surface area contributed by atoms with E-state index in [2.05, 4.69) is 36.3 Å². The molecule has 1 aliphatic rings. The van der Waals surface area contributed by atoms with Gasteiger partial charge in [-0.1, -0.05) is 18.2 Å². The molecule has 1 N–H and O–H groups in total. The van der Waals surface area contributed by atoms with Crippen molar-refractivity contribution in [2.24, 2.45) is 0 Å². The lowest BCUT2D eigenvalue weighted by molar-refractivity contribution is -0.121. The van der Waals surface area contributed by atoms with Gasteiger partial charge < -0.3 is 19.2 Å². The van der Waals surface area contributed by atoms with E-state index in [4.69, 9.17) is 13.9 Å². The van der Waals surface area contributed by atoms with E-state index in [1.165, 1.54) is 11.1 Å². The molecule has 1 aliphatic heterocycles. The van der Waals surface area contributed by atoms with Crippen molar-refractivity contribution in [3.63, 3.8) is 0 Å². The molecule has 0 fully saturated rings. The summed E-state index contributed by atoms with van der Waals surface area (Å²) < 4.78 is 17.3. The van der Waals surface area contributed by atoms with Crippen molar-refractivity contribution < 1.29 is 18.7 Å². The monoisotopic (exact) mass is 420 g/mol. The molecule has 2 aromatic carbocycles. The summed E-state index contributed by atoms with van der Waals surface area (Å²) in [6.07, 6.45) is 3.34. The largest absolute Gasteiger partial charge is 0.490 e. The van der Waals surface area contributed by atoms with Crippen LogP contribution in [0.5, 0.6) is 11.5 Å². The molecule has 1 amide bonds. The quantitative estimate of drug-likeness (QED) is 0.612. The van der Waals surface area contributed by atoms with E-state index in [1.54, 1.807) is 6.20 Å². The van der Waals surface area contributed by atoms with Gasteiger partial charge in [-0.05, 0) is 55.7 Å². The average molecular weight is 421 g/mol. The minimum atomic E-state index is -0.139. The minimum Gasteiger partial charge on any atom is -0.490 e. The standard InChI is InChI=1S/C25H28N2O4/c1-16-5-6-20(13-17(16)2)23-15-26-25(31-23)10-9-24(28)27-18(3)19-7-8-21-22(14-19)30-12-4-11-29-21/h5-8,13-15,18H,4,9-12H2,1-3H3,(H,27,28). The fourth-order valence-corrected chi connectivity index (χ4v) is 3.52. The second-order valence-corrected chi connectivity index (χ2v) is 7.96. The van der Waals surface area contributed by atoms with Crippen LogP contribution in [0.4, 0.5) is 0 Å². The first-order valence-corrected chi connectivity index (χ1v) is 10.7. The molecule has 1 aromatic heterocycles. The van der Waals surface area contributed by atoms with Gasteiger partial charge in [0.05, 0.1) is 25.5 Å². The van der Waals surface area contributed by atoms with Crippen LogP contribution in [0.25, 0.3) is 11.3 Å². The Labute approximate surface area is 182 Å². The molecule has 2 heterocycles. The number of rotatable bonds is 6. The predicted molar refractivity (Wildman–Crippen MR) is 118 cm³/mol. The maximum atomic E-state index is 12.5. The van der Waals surface area contributed by atoms with Crippen molar-refractivity contribution in [3.05, 3.63) is 65.2 Å². The molecule has 6 nitrogen and oxygen atoms in total. The first kappa shape index (κ1) is 21.0. The molecule has 31 heavy (non-hydrogen) atoms. The molecule has 0 radical (unpaired) electrons. The molecule has 1 unspecified atom stereocenters. The van der Waals surface area contributed by atoms with Crippen LogP contribution in [-0.4, -0.2) is 24.1 Å². The number of nitrogens with one attached hydrogen (secondary N) is 1. The van der Waals surface area contributed by atoms with Gasteiger partial charge in [-0.15, -0.1) is 0 Å². The van der Waals surface area contributed by atoms with Crippen LogP contribution in [0, 0.1) is 13.8 Å². The van der Waals surface area contributed by atoms with E-state index in [-0.39, 0.29) is 11.9 Å². The fraction of sp³-hybridized carbons (Fsp3) is 0.360. The number of hydrogen-bond donors (Lipinski definition) is 1. The van der Waals surface area contributed by atoms with Gasteiger partial charge in [0.2, 0.25) is 5.91 Å². The zero-order chi connectivity index (χ0) is 21.8. The fourth-order valence-electron chi connectivity index (χ4n) is 3.52. The number of ether oxygens (including phenoxy) is 2. The Kier molecular flexibility index (Phi) is 6.26. The molecule has 1 atom stereocenters. The second kappa shape index (κ2) is 9.25. The summed E-state index contributed by atoms with van der Waals surface area (Å²) in [5, 5.41) is 3.04. The van der Waals surface area contributed by atoms with Gasteiger partial charge in [-0.25, -0.2) is 4.98 Å². The third kappa shape index (κ3) is 5.08. The lowest BCUT2D eigenvalue weighted by Gasteiger charge is -2.16. The average Bonchev–Trinajstić information content (AvgIpc) is 3.11. The van der Waals surface area contributed by atoms with Crippen LogP contribution in [-0.2, 0) is 11.2 Å². The lowest BCUT2D eigenvalue weighted by Crippen LogP contribution is -2.26. The van der Waals surface area contributed by atoms with E-state index in [9.17, 15) is 4.79 Å². The Bertz CT molecular complexity index is 1070. The topological polar surface area (TPSA) is 73.6 Å². The number of hydrogen-bond acceptors (Lipinski definition) is 5. The van der Waals surface area contributed by atoms with Crippen LogP contribution in [0.3, 0.4) is 0 Å². The first-order valence-electron chi connectivity index (χ1n) is 10.7. The van der Waals surface area contributed by atoms with Gasteiger partial charge in [0.1, 0.15) is 0 Å². The highest BCUT2D eigenvalue weighted by Crippen LogP contribution is 2.32. The van der Waals surface area contributed by atoms with Gasteiger partial charge in [0, 0.05) is 24.8 Å². The molecule has 4 rings (SSSR count). The third-order valence-corrected chi connectivity index (χ3v) is 5.56. The lowest BCUT2D eigenvalue weighted by atomic mass is 10.1. The molecular weight excluding hydrogens is 392 g/mol. The smallest absolute Gasteiger partial charge is 0.220 e. The molecule has 0 saturated heterocycles. The van der Waals surface area contributed by atoms with E-state index in [0.717, 1.165) is 34.8 Å². The molecule has 0 aliphatic carbocycles. The molecular formula is C25H28N2O4. The van der Waals surface area contributed by atoms with E-state index in [0.29, 0.717) is 31.9 Å². The van der Waals surface area contributed by atoms with Crippen LogP contribution >= 0.6 is 0 Å². The number of aromatic nitrogens is 1. The highest BCUT2D eigenvalue weighted by atomic mass is 16.5. The third-order valence-electron chi connectivity index (χ3n) is 5.56. The van der Waals surface area contributed by atoms with Crippen LogP contribution in [0.2, 0.25) is 0 Å². The van der Waals surface area contributed by atoms with Gasteiger partial charge >= 0.3 is 0 Å². The summed E-state index contributed by atoms with van der Waals surface area (Å²) in [4.78, 5) is 16.8. The second-order valence-electron chi connectivity index (χ2n) is 7.96. The molecule has 0 spiro atoms. The minimum absolute atomic E-state index is 0.0504. The zero-order valence-electron chi connectivity index (χ0n) is 18.2. The number of oxazole rings is 1. The van der Waals surface area contributed by atoms with Crippen molar-refractivity contribution in [2.45, 2.75) is 46.1 Å². The Balaban J connectivity index is 1.33. The summed E-state index contributed by atoms with van der Waals surface area (Å²) in [7, 11) is 0. The normalized spacial score (nSPS) is 14.0. The number of carbonyl (C=O) groups excluding carboxylic acids is 1. The Morgan fingerprint density at radius 1 is 1.06 bits per heavy atom. The molecule has 6 heteroatoms. The Morgan fingerprint density at radius 2 is 1.87 bits per heavy atom. The van der Waals surface area contributed by atoms with Crippen molar-refractivity contribution in [3.8, 4) is 22.8 Å². The van der Waals surface area contributed by atoms with E-state index < -0.39 is 0 Å². The van der Waals surface area contributed by atoms with Gasteiger partial charge in [-0.2, -0.15) is 0 Å². The van der Waals surface area contributed by atoms with Gasteiger partial charge in [0.15, 0.2) is 23.1 Å². The summed E-state index contributed by atoms with van der Waals surface area (Å²) in [5.74, 6) is 2.72. The van der Waals surface area contributed by atoms with Crippen LogP contribution < -0.4 is 14.8 Å². The van der Waals surface area contributed by atoms with E-state index >= 15 is 0 Å². The van der Waals surface area contributed by atoms with E-state index in [1.807, 2.05) is 31.2 Å². The van der Waals surface area contributed by atoms with Gasteiger partial charge in [0.25, 0.3) is 0 Å². The summed E-state index contributed by atoms with van der Waals surface area (Å²) in [5.41, 5.74) is 4.42. The zero-order valence-corrected chi connectivity index (χ0v) is 18.2. The number of amides is 1. The van der Waals surface area contributed by atoms with Crippen LogP contribution in [0.1, 0.15) is 48.4 Å². The SMILES string of the molecule is Cc1ccc(-c2cnc(CCC(=O)NC(C)c3ccc4c(c3)OCCCO4)o2)cc1C. The van der Waals surface area contributed by atoms with Crippen molar-refractivity contribution >= 4 is 5.91 Å². The predicted octanol–water partition coefficient (Wildman–Crippen LogP) is 4.93. The van der Waals surface area contributed by atoms with Crippen molar-refractivity contribution in [1.29, 1.82) is 0 Å². The number of carbonyl (C=O) groups is 1. The number of fused-ring (bicyclic) bond motifs is 1. The van der Waals surface area contributed by atoms with Gasteiger partial charge in [-0.3, -0.25) is 4.79 Å². The number of nitrogens with zero attached hydrogens (tertiary/aromatic N) is 1. The Morgan fingerprint density at radius 3 is 2.68 bits per heavy atom. The molecule has 0 saturated carbocycles. The highest BCUT2D eigenvalue weighted by molar-refractivity contribution is 5.76. The molecule has 3 aromatic rings. The van der Waals surface area contributed by atoms with Crippen LogP contribution in [0.15, 0.2) is 47.0 Å². The summed E-state index contributed by atoms with van der Waals surface area (Å²) >= 11 is 0. The van der Waals surface area contributed by atoms with Crippen molar-refractivity contribution in [2.75, 3.05) is 13.2 Å². The summed E-state index contributed by atoms with van der Waals surface area (Å²) in [6, 6.07) is 11.8. The number of aryl methyl sites for hydroxylation is 3. The van der Waals surface area contributed by atoms with Crippen molar-refractivity contribution in [1.82, 2.24) is 10.3 Å². The number of benzene rings is 2. The maximum absolute atomic E-state index is 12.5.